The Balaban J connectivity index is 2.42. The molecule has 0 bridgehead atoms. The predicted octanol–water partition coefficient (Wildman–Crippen LogP) is 2.30. The van der Waals surface area contributed by atoms with Gasteiger partial charge in [-0.05, 0) is 12.1 Å². The van der Waals surface area contributed by atoms with Crippen LogP contribution in [0.25, 0.3) is 0 Å². The van der Waals surface area contributed by atoms with Gasteiger partial charge in [0.25, 0.3) is 0 Å². The van der Waals surface area contributed by atoms with E-state index in [1.807, 2.05) is 11.0 Å². The van der Waals surface area contributed by atoms with E-state index in [0.29, 0.717) is 36.5 Å². The van der Waals surface area contributed by atoms with Crippen molar-refractivity contribution in [2.24, 2.45) is 0 Å². The van der Waals surface area contributed by atoms with Crippen LogP contribution in [0.2, 0.25) is 0 Å². The SMILES string of the molecule is N#Cc1c(F)cc(Br)cc1N1CCOCC1. The Kier molecular flexibility index (Phi) is 3.42. The van der Waals surface area contributed by atoms with Crippen LogP contribution >= 0.6 is 15.9 Å². The number of ether oxygens (including phenoxy) is 1. The molecule has 1 aromatic rings. The van der Waals surface area contributed by atoms with Crippen LogP contribution in [0, 0.1) is 17.1 Å². The minimum atomic E-state index is -0.488. The van der Waals surface area contributed by atoms with E-state index in [9.17, 15) is 4.39 Å². The molecule has 0 aliphatic carbocycles. The first-order chi connectivity index (χ1) is 7.72. The molecular weight excluding hydrogens is 275 g/mol. The lowest BCUT2D eigenvalue weighted by molar-refractivity contribution is 0.122. The first-order valence-corrected chi connectivity index (χ1v) is 5.73. The maximum Gasteiger partial charge on any atom is 0.144 e. The summed E-state index contributed by atoms with van der Waals surface area (Å²) in [6, 6.07) is 4.99. The smallest absolute Gasteiger partial charge is 0.144 e. The van der Waals surface area contributed by atoms with Gasteiger partial charge >= 0.3 is 0 Å². The Hall–Kier alpha value is -1.12. The zero-order chi connectivity index (χ0) is 11.5. The number of nitrogens with zero attached hydrogens (tertiary/aromatic N) is 2. The van der Waals surface area contributed by atoms with Gasteiger partial charge in [-0.3, -0.25) is 0 Å². The second-order valence-corrected chi connectivity index (χ2v) is 4.41. The van der Waals surface area contributed by atoms with E-state index < -0.39 is 5.82 Å². The monoisotopic (exact) mass is 284 g/mol. The average Bonchev–Trinajstić information content (AvgIpc) is 2.29. The van der Waals surface area contributed by atoms with E-state index in [0.717, 1.165) is 0 Å². The molecule has 0 unspecified atom stereocenters. The van der Waals surface area contributed by atoms with Crippen LogP contribution in [0.15, 0.2) is 16.6 Å². The number of hydrogen-bond acceptors (Lipinski definition) is 3. The lowest BCUT2D eigenvalue weighted by Crippen LogP contribution is -2.36. The average molecular weight is 285 g/mol. The molecular formula is C11H10BrFN2O. The summed E-state index contributed by atoms with van der Waals surface area (Å²) in [5.74, 6) is -0.488. The summed E-state index contributed by atoms with van der Waals surface area (Å²) in [7, 11) is 0. The summed E-state index contributed by atoms with van der Waals surface area (Å²) < 4.78 is 19.4. The number of anilines is 1. The number of rotatable bonds is 1. The van der Waals surface area contributed by atoms with Gasteiger partial charge < -0.3 is 9.64 Å². The molecule has 1 saturated heterocycles. The van der Waals surface area contributed by atoms with Crippen LogP contribution in [-0.2, 0) is 4.74 Å². The maximum absolute atomic E-state index is 13.6. The van der Waals surface area contributed by atoms with Crippen LogP contribution < -0.4 is 4.90 Å². The quantitative estimate of drug-likeness (QED) is 0.794. The van der Waals surface area contributed by atoms with Gasteiger partial charge in [0, 0.05) is 17.6 Å². The van der Waals surface area contributed by atoms with Gasteiger partial charge in [-0.15, -0.1) is 0 Å². The number of halogens is 2. The van der Waals surface area contributed by atoms with Crippen molar-refractivity contribution in [3.8, 4) is 6.07 Å². The number of morpholine rings is 1. The maximum atomic E-state index is 13.6. The van der Waals surface area contributed by atoms with Crippen molar-refractivity contribution < 1.29 is 9.13 Å². The molecule has 0 spiro atoms. The van der Waals surface area contributed by atoms with Crippen LogP contribution in [0.1, 0.15) is 5.56 Å². The van der Waals surface area contributed by atoms with Crippen molar-refractivity contribution in [1.29, 1.82) is 5.26 Å². The number of nitriles is 1. The molecule has 0 saturated carbocycles. The second kappa shape index (κ2) is 4.81. The molecule has 1 fully saturated rings. The molecule has 3 nitrogen and oxygen atoms in total. The molecule has 0 atom stereocenters. The van der Waals surface area contributed by atoms with Crippen molar-refractivity contribution in [3.63, 3.8) is 0 Å². The number of hydrogen-bond donors (Lipinski definition) is 0. The Labute approximate surface area is 102 Å². The Morgan fingerprint density at radius 3 is 2.69 bits per heavy atom. The van der Waals surface area contributed by atoms with Crippen LogP contribution in [0.5, 0.6) is 0 Å². The van der Waals surface area contributed by atoms with Crippen molar-refractivity contribution >= 4 is 21.6 Å². The van der Waals surface area contributed by atoms with Gasteiger partial charge in [0.15, 0.2) is 0 Å². The molecule has 1 aromatic carbocycles. The van der Waals surface area contributed by atoms with Crippen LogP contribution in [-0.4, -0.2) is 26.3 Å². The summed E-state index contributed by atoms with van der Waals surface area (Å²) >= 11 is 3.24. The second-order valence-electron chi connectivity index (χ2n) is 3.49. The third-order valence-electron chi connectivity index (χ3n) is 2.50. The molecule has 2 rings (SSSR count). The fraction of sp³-hybridized carbons (Fsp3) is 0.364. The van der Waals surface area contributed by atoms with E-state index in [-0.39, 0.29) is 5.56 Å². The third-order valence-corrected chi connectivity index (χ3v) is 2.96. The van der Waals surface area contributed by atoms with Crippen molar-refractivity contribution in [2.75, 3.05) is 31.2 Å². The van der Waals surface area contributed by atoms with E-state index in [2.05, 4.69) is 15.9 Å². The molecule has 0 amide bonds. The predicted molar refractivity (Wildman–Crippen MR) is 61.8 cm³/mol. The fourth-order valence-corrected chi connectivity index (χ4v) is 2.14. The van der Waals surface area contributed by atoms with Gasteiger partial charge in [-0.25, -0.2) is 4.39 Å². The largest absolute Gasteiger partial charge is 0.378 e. The van der Waals surface area contributed by atoms with Gasteiger partial charge in [-0.2, -0.15) is 5.26 Å². The third kappa shape index (κ3) is 2.18. The summed E-state index contributed by atoms with van der Waals surface area (Å²) in [5.41, 5.74) is 0.739. The Morgan fingerprint density at radius 1 is 1.38 bits per heavy atom. The molecule has 84 valence electrons. The van der Waals surface area contributed by atoms with E-state index in [1.165, 1.54) is 6.07 Å². The molecule has 5 heteroatoms. The fourth-order valence-electron chi connectivity index (χ4n) is 1.72. The van der Waals surface area contributed by atoms with Crippen molar-refractivity contribution in [2.45, 2.75) is 0 Å². The van der Waals surface area contributed by atoms with E-state index >= 15 is 0 Å². The lowest BCUT2D eigenvalue weighted by Gasteiger charge is -2.29. The van der Waals surface area contributed by atoms with Crippen LogP contribution in [0.3, 0.4) is 0 Å². The topological polar surface area (TPSA) is 36.3 Å². The van der Waals surface area contributed by atoms with Gasteiger partial charge in [0.2, 0.25) is 0 Å². The highest BCUT2D eigenvalue weighted by Crippen LogP contribution is 2.27. The van der Waals surface area contributed by atoms with Crippen molar-refractivity contribution in [3.05, 3.63) is 28.0 Å². The van der Waals surface area contributed by atoms with Crippen LogP contribution in [0.4, 0.5) is 10.1 Å². The summed E-state index contributed by atoms with van der Waals surface area (Å²) in [4.78, 5) is 1.97. The summed E-state index contributed by atoms with van der Waals surface area (Å²) in [6.45, 7) is 2.59. The molecule has 0 N–H and O–H groups in total. The first kappa shape index (κ1) is 11.4. The molecule has 16 heavy (non-hydrogen) atoms. The summed E-state index contributed by atoms with van der Waals surface area (Å²) in [6.07, 6.45) is 0. The highest BCUT2D eigenvalue weighted by Gasteiger charge is 2.18. The van der Waals surface area contributed by atoms with Crippen molar-refractivity contribution in [1.82, 2.24) is 0 Å². The Morgan fingerprint density at radius 2 is 2.06 bits per heavy atom. The zero-order valence-corrected chi connectivity index (χ0v) is 10.1. The lowest BCUT2D eigenvalue weighted by atomic mass is 10.1. The Bertz CT molecular complexity index is 438. The summed E-state index contributed by atoms with van der Waals surface area (Å²) in [5, 5.41) is 8.96. The molecule has 1 aliphatic heterocycles. The highest BCUT2D eigenvalue weighted by atomic mass is 79.9. The minimum absolute atomic E-state index is 0.102. The minimum Gasteiger partial charge on any atom is -0.378 e. The number of benzene rings is 1. The van der Waals surface area contributed by atoms with E-state index in [4.69, 9.17) is 10.00 Å². The zero-order valence-electron chi connectivity index (χ0n) is 8.54. The van der Waals surface area contributed by atoms with Gasteiger partial charge in [0.05, 0.1) is 18.9 Å². The highest BCUT2D eigenvalue weighted by molar-refractivity contribution is 9.10. The standard InChI is InChI=1S/C11H10BrFN2O/c12-8-5-10(13)9(7-14)11(6-8)15-1-3-16-4-2-15/h5-6H,1-4H2. The van der Waals surface area contributed by atoms with Gasteiger partial charge in [0.1, 0.15) is 17.4 Å². The molecule has 0 aromatic heterocycles. The molecule has 1 heterocycles. The normalized spacial score (nSPS) is 15.9. The molecule has 1 aliphatic rings. The van der Waals surface area contributed by atoms with Gasteiger partial charge in [-0.1, -0.05) is 15.9 Å². The van der Waals surface area contributed by atoms with E-state index in [1.54, 1.807) is 6.07 Å². The first-order valence-electron chi connectivity index (χ1n) is 4.94. The molecule has 0 radical (unpaired) electrons.